The Hall–Kier alpha value is -1.51. The van der Waals surface area contributed by atoms with E-state index in [1.54, 1.807) is 0 Å². The van der Waals surface area contributed by atoms with Crippen LogP contribution in [0.25, 0.3) is 11.0 Å². The van der Waals surface area contributed by atoms with Gasteiger partial charge in [-0.2, -0.15) is 0 Å². The summed E-state index contributed by atoms with van der Waals surface area (Å²) in [6, 6.07) is 7.49. The van der Waals surface area contributed by atoms with Gasteiger partial charge in [0.05, 0.1) is 5.39 Å². The number of hydrogen-bond donors (Lipinski definition) is 1. The zero-order chi connectivity index (χ0) is 16.6. The fraction of sp³-hybridized carbons (Fsp3) is 0.632. The molecule has 124 valence electrons. The van der Waals surface area contributed by atoms with E-state index in [1.165, 1.54) is 32.1 Å². The van der Waals surface area contributed by atoms with Crippen molar-refractivity contribution in [2.24, 2.45) is 11.3 Å². The number of fused-ring (bicyclic) bond motifs is 1. The minimum atomic E-state index is 0.454. The van der Waals surface area contributed by atoms with Gasteiger partial charge in [0, 0.05) is 0 Å². The highest BCUT2D eigenvalue weighted by atomic mass is 16.5. The second kappa shape index (κ2) is 8.82. The van der Waals surface area contributed by atoms with Crippen LogP contribution in [-0.2, 0) is 0 Å². The minimum Gasteiger partial charge on any atom is -0.380 e. The fourth-order valence-corrected chi connectivity index (χ4v) is 2.94. The normalized spacial score (nSPS) is 11.5. The molecule has 0 fully saturated rings. The molecule has 1 aromatic heterocycles. The summed E-state index contributed by atoms with van der Waals surface area (Å²) in [7, 11) is 0. The van der Waals surface area contributed by atoms with Gasteiger partial charge in [-0.1, -0.05) is 77.6 Å². The minimum absolute atomic E-state index is 0.454. The zero-order valence-electron chi connectivity index (χ0n) is 14.9. The number of hydrogen-bond acceptors (Lipinski definition) is 3. The quantitative estimate of drug-likeness (QED) is 0.731. The number of benzene rings is 1. The van der Waals surface area contributed by atoms with Crippen LogP contribution in [-0.4, -0.2) is 5.16 Å². The van der Waals surface area contributed by atoms with Crippen molar-refractivity contribution in [3.05, 3.63) is 24.3 Å². The maximum atomic E-state index is 5.47. The first kappa shape index (κ1) is 18.5. The molecule has 0 amide bonds. The lowest BCUT2D eigenvalue weighted by molar-refractivity contribution is 0.268. The third-order valence-corrected chi connectivity index (χ3v) is 3.70. The Morgan fingerprint density at radius 2 is 1.68 bits per heavy atom. The molecular formula is C19H32N2O. The maximum absolute atomic E-state index is 5.47. The second-order valence-electron chi connectivity index (χ2n) is 7.27. The molecule has 1 aromatic carbocycles. The van der Waals surface area contributed by atoms with Crippen molar-refractivity contribution in [3.63, 3.8) is 0 Å². The second-order valence-corrected chi connectivity index (χ2v) is 7.27. The van der Waals surface area contributed by atoms with Gasteiger partial charge in [0.2, 0.25) is 0 Å². The molecule has 0 saturated heterocycles. The van der Waals surface area contributed by atoms with Gasteiger partial charge < -0.3 is 10.3 Å². The standard InChI is InChI=1S/C12H26.C7H6N2O/c1-6-8-11(9-7-2)10-12(3,4)5;8-7-5-3-1-2-4-6(5)10-9-7/h11H,6-10H2,1-5H3;1-4H,(H2,8,9). The molecule has 22 heavy (non-hydrogen) atoms. The van der Waals surface area contributed by atoms with Gasteiger partial charge in [-0.25, -0.2) is 0 Å². The van der Waals surface area contributed by atoms with Gasteiger partial charge in [-0.05, 0) is 29.9 Å². The Balaban J connectivity index is 0.000000222. The number of para-hydroxylation sites is 1. The van der Waals surface area contributed by atoms with Crippen molar-refractivity contribution in [1.29, 1.82) is 0 Å². The van der Waals surface area contributed by atoms with Gasteiger partial charge in [0.15, 0.2) is 11.4 Å². The smallest absolute Gasteiger partial charge is 0.174 e. The molecule has 2 rings (SSSR count). The summed E-state index contributed by atoms with van der Waals surface area (Å²) in [5, 5.41) is 4.48. The van der Waals surface area contributed by atoms with Crippen LogP contribution in [0.2, 0.25) is 0 Å². The van der Waals surface area contributed by atoms with Crippen LogP contribution in [0.15, 0.2) is 28.8 Å². The molecule has 2 N–H and O–H groups in total. The van der Waals surface area contributed by atoms with Crippen LogP contribution in [0.1, 0.15) is 66.7 Å². The molecule has 0 spiro atoms. The lowest BCUT2D eigenvalue weighted by Gasteiger charge is -2.25. The van der Waals surface area contributed by atoms with Crippen LogP contribution in [0.4, 0.5) is 5.82 Å². The van der Waals surface area contributed by atoms with E-state index >= 15 is 0 Å². The number of anilines is 1. The molecule has 0 radical (unpaired) electrons. The Morgan fingerprint density at radius 1 is 1.09 bits per heavy atom. The van der Waals surface area contributed by atoms with Crippen LogP contribution in [0.5, 0.6) is 0 Å². The molecule has 0 aliphatic carbocycles. The topological polar surface area (TPSA) is 52.0 Å². The molecule has 0 saturated carbocycles. The Labute approximate surface area is 135 Å². The highest BCUT2D eigenvalue weighted by Gasteiger charge is 2.16. The third kappa shape index (κ3) is 6.50. The van der Waals surface area contributed by atoms with Crippen molar-refractivity contribution in [2.75, 3.05) is 5.73 Å². The predicted molar refractivity (Wildman–Crippen MR) is 95.8 cm³/mol. The average molecular weight is 304 g/mol. The molecule has 0 aliphatic rings. The Kier molecular flexibility index (Phi) is 7.43. The van der Waals surface area contributed by atoms with E-state index in [0.717, 1.165) is 16.9 Å². The van der Waals surface area contributed by atoms with Gasteiger partial charge >= 0.3 is 0 Å². The van der Waals surface area contributed by atoms with Crippen molar-refractivity contribution in [3.8, 4) is 0 Å². The first-order valence-electron chi connectivity index (χ1n) is 8.47. The lowest BCUT2D eigenvalue weighted by atomic mass is 9.81. The monoisotopic (exact) mass is 304 g/mol. The number of nitrogen functional groups attached to an aromatic ring is 1. The Bertz CT molecular complexity index is 534. The van der Waals surface area contributed by atoms with Crippen molar-refractivity contribution < 1.29 is 4.52 Å². The molecule has 0 atom stereocenters. The highest BCUT2D eigenvalue weighted by molar-refractivity contribution is 5.86. The first-order valence-corrected chi connectivity index (χ1v) is 8.47. The molecule has 0 unspecified atom stereocenters. The van der Waals surface area contributed by atoms with E-state index in [1.807, 2.05) is 24.3 Å². The number of aromatic nitrogens is 1. The molecule has 0 aliphatic heterocycles. The van der Waals surface area contributed by atoms with Gasteiger partial charge in [-0.3, -0.25) is 0 Å². The molecule has 1 heterocycles. The maximum Gasteiger partial charge on any atom is 0.174 e. The summed E-state index contributed by atoms with van der Waals surface area (Å²) in [4.78, 5) is 0. The van der Waals surface area contributed by atoms with Crippen molar-refractivity contribution in [1.82, 2.24) is 5.16 Å². The van der Waals surface area contributed by atoms with E-state index in [-0.39, 0.29) is 0 Å². The average Bonchev–Trinajstić information content (AvgIpc) is 2.81. The van der Waals surface area contributed by atoms with Crippen molar-refractivity contribution in [2.45, 2.75) is 66.7 Å². The summed E-state index contributed by atoms with van der Waals surface area (Å²) in [5.41, 5.74) is 6.73. The number of nitrogens with zero attached hydrogens (tertiary/aromatic N) is 1. The summed E-state index contributed by atoms with van der Waals surface area (Å²) >= 11 is 0. The lowest BCUT2D eigenvalue weighted by Crippen LogP contribution is -2.13. The van der Waals surface area contributed by atoms with E-state index < -0.39 is 0 Å². The van der Waals surface area contributed by atoms with E-state index in [0.29, 0.717) is 11.2 Å². The molecule has 2 aromatic rings. The largest absolute Gasteiger partial charge is 0.380 e. The van der Waals surface area contributed by atoms with Gasteiger partial charge in [0.25, 0.3) is 0 Å². The summed E-state index contributed by atoms with van der Waals surface area (Å²) in [5.74, 6) is 1.43. The van der Waals surface area contributed by atoms with Gasteiger partial charge in [-0.15, -0.1) is 0 Å². The van der Waals surface area contributed by atoms with Crippen molar-refractivity contribution >= 4 is 16.8 Å². The predicted octanol–water partition coefficient (Wildman–Crippen LogP) is 6.05. The summed E-state index contributed by atoms with van der Waals surface area (Å²) in [6.07, 6.45) is 6.94. The fourth-order valence-electron chi connectivity index (χ4n) is 2.94. The first-order chi connectivity index (χ1) is 10.4. The molecule has 3 nitrogen and oxygen atoms in total. The third-order valence-electron chi connectivity index (χ3n) is 3.70. The van der Waals surface area contributed by atoms with Crippen LogP contribution in [0.3, 0.4) is 0 Å². The van der Waals surface area contributed by atoms with Crippen LogP contribution in [0, 0.1) is 11.3 Å². The molecule has 3 heteroatoms. The van der Waals surface area contributed by atoms with E-state index in [4.69, 9.17) is 10.3 Å². The zero-order valence-corrected chi connectivity index (χ0v) is 14.9. The SMILES string of the molecule is CCCC(CCC)CC(C)(C)C.Nc1noc2ccccc12. The summed E-state index contributed by atoms with van der Waals surface area (Å²) < 4.78 is 4.87. The molecular weight excluding hydrogens is 272 g/mol. The number of rotatable bonds is 5. The number of nitrogens with two attached hydrogens (primary N) is 1. The molecule has 0 bridgehead atoms. The van der Waals surface area contributed by atoms with E-state index in [9.17, 15) is 0 Å². The van der Waals surface area contributed by atoms with Crippen LogP contribution < -0.4 is 5.73 Å². The Morgan fingerprint density at radius 3 is 2.18 bits per heavy atom. The summed E-state index contributed by atoms with van der Waals surface area (Å²) in [6.45, 7) is 11.7. The van der Waals surface area contributed by atoms with Gasteiger partial charge in [0.1, 0.15) is 0 Å². The van der Waals surface area contributed by atoms with Crippen LogP contribution >= 0.6 is 0 Å². The van der Waals surface area contributed by atoms with E-state index in [2.05, 4.69) is 39.8 Å². The highest BCUT2D eigenvalue weighted by Crippen LogP contribution is 2.29.